The fourth-order valence-corrected chi connectivity index (χ4v) is 2.88. The van der Waals surface area contributed by atoms with Crippen LogP contribution < -0.4 is 11.2 Å². The van der Waals surface area contributed by atoms with Crippen LogP contribution in [-0.4, -0.2) is 18.0 Å². The van der Waals surface area contributed by atoms with E-state index in [-0.39, 0.29) is 5.82 Å². The molecule has 0 saturated carbocycles. The molecule has 3 N–H and O–H groups in total. The average Bonchev–Trinajstić information content (AvgIpc) is 2.32. The Labute approximate surface area is 112 Å². The lowest BCUT2D eigenvalue weighted by molar-refractivity contribution is 0.249. The molecule has 7 heteroatoms. The van der Waals surface area contributed by atoms with Gasteiger partial charge in [-0.3, -0.25) is 0 Å². The number of fused-ring (bicyclic) bond motifs is 1. The number of hydrazone groups is 1. The van der Waals surface area contributed by atoms with Gasteiger partial charge in [-0.25, -0.2) is 14.6 Å². The Morgan fingerprint density at radius 1 is 1.61 bits per heavy atom. The number of hydrogen-bond donors (Lipinski definition) is 2. The minimum absolute atomic E-state index is 0.346. The van der Waals surface area contributed by atoms with E-state index >= 15 is 0 Å². The summed E-state index contributed by atoms with van der Waals surface area (Å²) in [5.41, 5.74) is 8.29. The zero-order valence-corrected chi connectivity index (χ0v) is 10.7. The van der Waals surface area contributed by atoms with Crippen LogP contribution in [0.3, 0.4) is 0 Å². The van der Waals surface area contributed by atoms with Gasteiger partial charge >= 0.3 is 6.03 Å². The third-order valence-corrected chi connectivity index (χ3v) is 3.81. The lowest BCUT2D eigenvalue weighted by Crippen LogP contribution is -2.24. The molecule has 1 aliphatic heterocycles. The van der Waals surface area contributed by atoms with Crippen molar-refractivity contribution >= 4 is 40.6 Å². The predicted octanol–water partition coefficient (Wildman–Crippen LogP) is 2.54. The van der Waals surface area contributed by atoms with E-state index in [9.17, 15) is 9.18 Å². The maximum Gasteiger partial charge on any atom is 0.332 e. The van der Waals surface area contributed by atoms with Crippen molar-refractivity contribution in [2.75, 3.05) is 5.75 Å². The molecule has 0 spiro atoms. The highest BCUT2D eigenvalue weighted by Crippen LogP contribution is 2.38. The molecular weight excluding hydrogens is 277 g/mol. The number of halogens is 2. The first-order valence-electron chi connectivity index (χ1n) is 4.98. The minimum atomic E-state index is -0.752. The van der Waals surface area contributed by atoms with Gasteiger partial charge in [-0.05, 0) is 18.2 Å². The second kappa shape index (κ2) is 5.41. The van der Waals surface area contributed by atoms with Crippen molar-refractivity contribution < 1.29 is 9.18 Å². The molecule has 2 amide bonds. The fraction of sp³-hybridized carbons (Fsp3) is 0.0909. The first kappa shape index (κ1) is 12.9. The van der Waals surface area contributed by atoms with Crippen molar-refractivity contribution in [3.63, 3.8) is 0 Å². The summed E-state index contributed by atoms with van der Waals surface area (Å²) < 4.78 is 13.2. The van der Waals surface area contributed by atoms with E-state index in [1.54, 1.807) is 6.07 Å². The van der Waals surface area contributed by atoms with Crippen molar-refractivity contribution in [2.24, 2.45) is 10.8 Å². The Morgan fingerprint density at radius 3 is 3.11 bits per heavy atom. The number of nitrogens with one attached hydrogen (secondary N) is 1. The van der Waals surface area contributed by atoms with Gasteiger partial charge in [-0.1, -0.05) is 11.6 Å². The number of primary amides is 1. The molecule has 0 aromatic heterocycles. The van der Waals surface area contributed by atoms with Gasteiger partial charge in [0.15, 0.2) is 0 Å². The zero-order chi connectivity index (χ0) is 13.1. The van der Waals surface area contributed by atoms with Gasteiger partial charge in [0, 0.05) is 21.8 Å². The van der Waals surface area contributed by atoms with Crippen molar-refractivity contribution in [3.8, 4) is 0 Å². The molecule has 0 aliphatic carbocycles. The smallest absolute Gasteiger partial charge is 0.332 e. The largest absolute Gasteiger partial charge is 0.350 e. The summed E-state index contributed by atoms with van der Waals surface area (Å²) in [4.78, 5) is 11.4. The lowest BCUT2D eigenvalue weighted by Gasteiger charge is -2.16. The van der Waals surface area contributed by atoms with Gasteiger partial charge in [0.2, 0.25) is 0 Å². The average molecular weight is 286 g/mol. The van der Waals surface area contributed by atoms with E-state index in [1.165, 1.54) is 30.1 Å². The Morgan fingerprint density at radius 2 is 2.39 bits per heavy atom. The van der Waals surface area contributed by atoms with Crippen molar-refractivity contribution in [1.82, 2.24) is 5.43 Å². The Balaban J connectivity index is 2.30. The van der Waals surface area contributed by atoms with Gasteiger partial charge in [0.25, 0.3) is 0 Å². The highest BCUT2D eigenvalue weighted by atomic mass is 35.5. The normalized spacial score (nSPS) is 14.8. The maximum absolute atomic E-state index is 13.2. The van der Waals surface area contributed by atoms with Crippen LogP contribution in [0.15, 0.2) is 33.8 Å². The summed E-state index contributed by atoms with van der Waals surface area (Å²) >= 11 is 7.69. The summed E-state index contributed by atoms with van der Waals surface area (Å²) in [5, 5.41) is 4.07. The van der Waals surface area contributed by atoms with Crippen LogP contribution in [0.4, 0.5) is 9.18 Å². The highest BCUT2D eigenvalue weighted by molar-refractivity contribution is 7.99. The topological polar surface area (TPSA) is 67.5 Å². The number of rotatable bonds is 2. The van der Waals surface area contributed by atoms with Gasteiger partial charge in [-0.15, -0.1) is 11.8 Å². The van der Waals surface area contributed by atoms with Crippen molar-refractivity contribution in [2.45, 2.75) is 4.90 Å². The molecule has 0 unspecified atom stereocenters. The standard InChI is InChI=1S/C11H9ClFN3OS/c12-10-6(4-15-16-11(14)17)5-18-9-2-1-7(13)3-8(9)10/h1-4H,5H2,(H3,14,16,17)/b15-4+. The second-order valence-electron chi connectivity index (χ2n) is 3.50. The van der Waals surface area contributed by atoms with Crippen LogP contribution >= 0.6 is 23.4 Å². The molecule has 18 heavy (non-hydrogen) atoms. The van der Waals surface area contributed by atoms with Crippen LogP contribution in [0.2, 0.25) is 0 Å². The summed E-state index contributed by atoms with van der Waals surface area (Å²) in [6, 6.07) is 3.70. The van der Waals surface area contributed by atoms with Crippen LogP contribution in [0.5, 0.6) is 0 Å². The predicted molar refractivity (Wildman–Crippen MR) is 71.1 cm³/mol. The van der Waals surface area contributed by atoms with E-state index in [1.807, 2.05) is 0 Å². The Hall–Kier alpha value is -1.53. The number of nitrogens with two attached hydrogens (primary N) is 1. The van der Waals surface area contributed by atoms with E-state index < -0.39 is 6.03 Å². The maximum atomic E-state index is 13.2. The summed E-state index contributed by atoms with van der Waals surface area (Å²) in [6.45, 7) is 0. The number of hydrogen-bond acceptors (Lipinski definition) is 3. The number of thioether (sulfide) groups is 1. The molecule has 0 radical (unpaired) electrons. The summed E-state index contributed by atoms with van der Waals surface area (Å²) in [5.74, 6) is 0.252. The van der Waals surface area contributed by atoms with E-state index in [2.05, 4.69) is 10.5 Å². The molecule has 1 aromatic carbocycles. The van der Waals surface area contributed by atoms with E-state index in [0.717, 1.165) is 4.90 Å². The lowest BCUT2D eigenvalue weighted by atomic mass is 10.1. The van der Waals surface area contributed by atoms with Crippen molar-refractivity contribution in [3.05, 3.63) is 35.2 Å². The van der Waals surface area contributed by atoms with Gasteiger partial charge in [0.1, 0.15) is 5.82 Å². The molecular formula is C11H9ClFN3OS. The molecule has 1 aromatic rings. The Kier molecular flexibility index (Phi) is 3.88. The van der Waals surface area contributed by atoms with Crippen LogP contribution in [0.1, 0.15) is 5.56 Å². The van der Waals surface area contributed by atoms with Gasteiger partial charge < -0.3 is 5.73 Å². The molecule has 0 bridgehead atoms. The van der Waals surface area contributed by atoms with Gasteiger partial charge in [0.05, 0.1) is 11.2 Å². The molecule has 0 saturated heterocycles. The van der Waals surface area contributed by atoms with Gasteiger partial charge in [-0.2, -0.15) is 5.10 Å². The molecule has 94 valence electrons. The SMILES string of the molecule is NC(=O)N/N=C/C1=C(Cl)c2cc(F)ccc2SC1. The number of carbonyl (C=O) groups is 1. The number of carbonyl (C=O) groups excluding carboxylic acids is 1. The van der Waals surface area contributed by atoms with Crippen LogP contribution in [0.25, 0.3) is 5.03 Å². The van der Waals surface area contributed by atoms with Crippen molar-refractivity contribution in [1.29, 1.82) is 0 Å². The molecule has 0 atom stereocenters. The zero-order valence-electron chi connectivity index (χ0n) is 9.11. The monoisotopic (exact) mass is 285 g/mol. The van der Waals surface area contributed by atoms with Crippen LogP contribution in [0, 0.1) is 5.82 Å². The number of benzene rings is 1. The second-order valence-corrected chi connectivity index (χ2v) is 4.90. The molecule has 1 heterocycles. The molecule has 2 rings (SSSR count). The van der Waals surface area contributed by atoms with Crippen LogP contribution in [-0.2, 0) is 0 Å². The molecule has 0 fully saturated rings. The highest BCUT2D eigenvalue weighted by Gasteiger charge is 2.17. The number of amides is 2. The van der Waals surface area contributed by atoms with E-state index in [4.69, 9.17) is 17.3 Å². The minimum Gasteiger partial charge on any atom is -0.350 e. The summed E-state index contributed by atoms with van der Waals surface area (Å²) in [7, 11) is 0. The number of urea groups is 1. The quantitative estimate of drug-likeness (QED) is 0.648. The fourth-order valence-electron chi connectivity index (χ4n) is 1.46. The third kappa shape index (κ3) is 2.83. The first-order valence-corrected chi connectivity index (χ1v) is 6.34. The Bertz CT molecular complexity index is 559. The molecule has 4 nitrogen and oxygen atoms in total. The number of nitrogens with zero attached hydrogens (tertiary/aromatic N) is 1. The summed E-state index contributed by atoms with van der Waals surface area (Å²) in [6.07, 6.45) is 1.41. The van der Waals surface area contributed by atoms with E-state index in [0.29, 0.717) is 21.9 Å². The molecule has 1 aliphatic rings. The first-order chi connectivity index (χ1) is 8.58. The third-order valence-electron chi connectivity index (χ3n) is 2.24.